The molecular weight excluding hydrogens is 401 g/mol. The van der Waals surface area contributed by atoms with Gasteiger partial charge in [-0.15, -0.1) is 0 Å². The van der Waals surface area contributed by atoms with Crippen molar-refractivity contribution in [2.24, 2.45) is 5.92 Å². The molecule has 1 aromatic rings. The van der Waals surface area contributed by atoms with Crippen LogP contribution in [-0.2, 0) is 25.6 Å². The van der Waals surface area contributed by atoms with Crippen molar-refractivity contribution in [3.63, 3.8) is 0 Å². The van der Waals surface area contributed by atoms with Crippen LogP contribution in [0.25, 0.3) is 0 Å². The van der Waals surface area contributed by atoms with Gasteiger partial charge in [-0.3, -0.25) is 9.59 Å². The van der Waals surface area contributed by atoms with Crippen molar-refractivity contribution in [3.8, 4) is 0 Å². The summed E-state index contributed by atoms with van der Waals surface area (Å²) in [5.41, 5.74) is 0.910. The third kappa shape index (κ3) is 6.98. The standard InChI is InChI=1S/C21H29F3N2O4/c1-4-26(20(28)21(22,23)24)12-15-7-5-8-16(11-15)25-19(27)18(14(2)3)30-13-17-9-6-10-29-17/h5,7-8,11,14,17-18H,4,6,9-10,12-13H2,1-3H3,(H,25,27)/t17-,18+/m1/s1. The predicted octanol–water partition coefficient (Wildman–Crippen LogP) is 3.76. The molecule has 0 spiro atoms. The van der Waals surface area contributed by atoms with Crippen molar-refractivity contribution in [1.29, 1.82) is 0 Å². The first kappa shape index (κ1) is 24.1. The number of hydrogen-bond donors (Lipinski definition) is 1. The number of nitrogens with one attached hydrogen (secondary N) is 1. The van der Waals surface area contributed by atoms with Crippen molar-refractivity contribution in [3.05, 3.63) is 29.8 Å². The molecule has 1 N–H and O–H groups in total. The minimum absolute atomic E-state index is 0.00595. The average Bonchev–Trinajstić information content (AvgIpc) is 3.18. The van der Waals surface area contributed by atoms with Gasteiger partial charge in [-0.1, -0.05) is 26.0 Å². The van der Waals surface area contributed by atoms with E-state index in [1.54, 1.807) is 24.3 Å². The highest BCUT2D eigenvalue weighted by atomic mass is 19.4. The van der Waals surface area contributed by atoms with E-state index in [9.17, 15) is 22.8 Å². The molecule has 0 saturated carbocycles. The normalized spacial score (nSPS) is 17.8. The third-order valence-electron chi connectivity index (χ3n) is 4.83. The highest BCUT2D eigenvalue weighted by molar-refractivity contribution is 5.94. The first-order valence-electron chi connectivity index (χ1n) is 10.1. The van der Waals surface area contributed by atoms with Crippen molar-refractivity contribution >= 4 is 17.5 Å². The number of anilines is 1. The van der Waals surface area contributed by atoms with Crippen LogP contribution in [0.15, 0.2) is 24.3 Å². The lowest BCUT2D eigenvalue weighted by atomic mass is 10.1. The Morgan fingerprint density at radius 2 is 2.07 bits per heavy atom. The number of amides is 2. The molecule has 0 unspecified atom stereocenters. The molecular formula is C21H29F3N2O4. The molecule has 30 heavy (non-hydrogen) atoms. The van der Waals surface area contributed by atoms with Crippen molar-refractivity contribution in [2.75, 3.05) is 25.1 Å². The van der Waals surface area contributed by atoms with Crippen LogP contribution < -0.4 is 5.32 Å². The molecule has 2 amide bonds. The van der Waals surface area contributed by atoms with Crippen molar-refractivity contribution < 1.29 is 32.2 Å². The number of carbonyl (C=O) groups is 2. The fourth-order valence-electron chi connectivity index (χ4n) is 3.25. The molecule has 9 heteroatoms. The first-order valence-corrected chi connectivity index (χ1v) is 10.1. The van der Waals surface area contributed by atoms with Crippen LogP contribution in [0, 0.1) is 5.92 Å². The van der Waals surface area contributed by atoms with E-state index >= 15 is 0 Å². The molecule has 2 atom stereocenters. The number of nitrogens with zero attached hydrogens (tertiary/aromatic N) is 1. The van der Waals surface area contributed by atoms with E-state index in [1.807, 2.05) is 13.8 Å². The van der Waals surface area contributed by atoms with E-state index in [-0.39, 0.29) is 31.0 Å². The second-order valence-electron chi connectivity index (χ2n) is 7.64. The zero-order valence-electron chi connectivity index (χ0n) is 17.5. The Morgan fingerprint density at radius 1 is 1.33 bits per heavy atom. The molecule has 1 aliphatic heterocycles. The van der Waals surface area contributed by atoms with Gasteiger partial charge in [0.2, 0.25) is 0 Å². The summed E-state index contributed by atoms with van der Waals surface area (Å²) in [6.07, 6.45) is -3.73. The smallest absolute Gasteiger partial charge is 0.376 e. The zero-order chi connectivity index (χ0) is 22.3. The lowest BCUT2D eigenvalue weighted by Gasteiger charge is -2.23. The molecule has 1 aliphatic rings. The number of rotatable bonds is 9. The van der Waals surface area contributed by atoms with Gasteiger partial charge in [0.25, 0.3) is 5.91 Å². The van der Waals surface area contributed by atoms with Crippen LogP contribution in [0.2, 0.25) is 0 Å². The minimum Gasteiger partial charge on any atom is -0.376 e. The van der Waals surface area contributed by atoms with E-state index in [4.69, 9.17) is 9.47 Å². The van der Waals surface area contributed by atoms with Gasteiger partial charge in [0.05, 0.1) is 12.7 Å². The van der Waals surface area contributed by atoms with Gasteiger partial charge in [0.15, 0.2) is 0 Å². The Morgan fingerprint density at radius 3 is 2.63 bits per heavy atom. The summed E-state index contributed by atoms with van der Waals surface area (Å²) in [5.74, 6) is -2.30. The summed E-state index contributed by atoms with van der Waals surface area (Å²) in [5, 5.41) is 2.76. The number of halogens is 3. The molecule has 0 aliphatic carbocycles. The van der Waals surface area contributed by atoms with Crippen LogP contribution in [0.3, 0.4) is 0 Å². The van der Waals surface area contributed by atoms with Crippen LogP contribution in [-0.4, -0.2) is 54.9 Å². The minimum atomic E-state index is -4.92. The molecule has 2 rings (SSSR count). The van der Waals surface area contributed by atoms with Gasteiger partial charge >= 0.3 is 12.1 Å². The van der Waals surface area contributed by atoms with Crippen LogP contribution >= 0.6 is 0 Å². The Hall–Kier alpha value is -2.13. The molecule has 1 saturated heterocycles. The monoisotopic (exact) mass is 430 g/mol. The van der Waals surface area contributed by atoms with Crippen LogP contribution in [0.1, 0.15) is 39.2 Å². The SMILES string of the molecule is CCN(Cc1cccc(NC(=O)[C@@H](OC[C@H]2CCCO2)C(C)C)c1)C(=O)C(F)(F)F. The van der Waals surface area contributed by atoms with E-state index in [0.29, 0.717) is 29.4 Å². The highest BCUT2D eigenvalue weighted by Gasteiger charge is 2.41. The van der Waals surface area contributed by atoms with E-state index in [1.165, 1.54) is 6.92 Å². The molecule has 6 nitrogen and oxygen atoms in total. The first-order chi connectivity index (χ1) is 14.1. The Kier molecular flexibility index (Phi) is 8.66. The van der Waals surface area contributed by atoms with Crippen LogP contribution in [0.5, 0.6) is 0 Å². The number of carbonyl (C=O) groups excluding carboxylic acids is 2. The van der Waals surface area contributed by atoms with E-state index < -0.39 is 18.2 Å². The summed E-state index contributed by atoms with van der Waals surface area (Å²) in [4.78, 5) is 24.9. The molecule has 168 valence electrons. The van der Waals surface area contributed by atoms with Gasteiger partial charge < -0.3 is 19.7 Å². The molecule has 0 bridgehead atoms. The Labute approximate surface area is 174 Å². The summed E-state index contributed by atoms with van der Waals surface area (Å²) >= 11 is 0. The number of hydrogen-bond acceptors (Lipinski definition) is 4. The van der Waals surface area contributed by atoms with E-state index in [0.717, 1.165) is 12.8 Å². The van der Waals surface area contributed by atoms with Gasteiger partial charge in [-0.25, -0.2) is 0 Å². The molecule has 1 heterocycles. The van der Waals surface area contributed by atoms with Crippen molar-refractivity contribution in [1.82, 2.24) is 4.90 Å². The number of alkyl halides is 3. The lowest BCUT2D eigenvalue weighted by molar-refractivity contribution is -0.185. The number of ether oxygens (including phenoxy) is 2. The second-order valence-corrected chi connectivity index (χ2v) is 7.64. The fraction of sp³-hybridized carbons (Fsp3) is 0.619. The summed E-state index contributed by atoms with van der Waals surface area (Å²) in [6.45, 7) is 5.97. The molecule has 0 radical (unpaired) electrons. The third-order valence-corrected chi connectivity index (χ3v) is 4.83. The maximum atomic E-state index is 12.7. The summed E-state index contributed by atoms with van der Waals surface area (Å²) in [6, 6.07) is 6.42. The lowest BCUT2D eigenvalue weighted by Crippen LogP contribution is -2.40. The molecule has 1 fully saturated rings. The Bertz CT molecular complexity index is 718. The zero-order valence-corrected chi connectivity index (χ0v) is 17.5. The van der Waals surface area contributed by atoms with Crippen molar-refractivity contribution in [2.45, 2.75) is 58.5 Å². The van der Waals surface area contributed by atoms with Crippen LogP contribution in [0.4, 0.5) is 18.9 Å². The van der Waals surface area contributed by atoms with Gasteiger partial charge in [-0.05, 0) is 43.4 Å². The summed E-state index contributed by atoms with van der Waals surface area (Å²) < 4.78 is 49.5. The quantitative estimate of drug-likeness (QED) is 0.648. The molecule has 0 aromatic heterocycles. The van der Waals surface area contributed by atoms with Gasteiger partial charge in [0, 0.05) is 25.4 Å². The molecule has 1 aromatic carbocycles. The number of benzene rings is 1. The maximum absolute atomic E-state index is 12.7. The predicted molar refractivity (Wildman–Crippen MR) is 106 cm³/mol. The largest absolute Gasteiger partial charge is 0.471 e. The average molecular weight is 430 g/mol. The highest BCUT2D eigenvalue weighted by Crippen LogP contribution is 2.21. The summed E-state index contributed by atoms with van der Waals surface area (Å²) in [7, 11) is 0. The maximum Gasteiger partial charge on any atom is 0.471 e. The Balaban J connectivity index is 2.01. The topological polar surface area (TPSA) is 67.9 Å². The van der Waals surface area contributed by atoms with E-state index in [2.05, 4.69) is 5.32 Å². The fourth-order valence-corrected chi connectivity index (χ4v) is 3.25. The van der Waals surface area contributed by atoms with Gasteiger partial charge in [0.1, 0.15) is 6.10 Å². The second kappa shape index (κ2) is 10.8. The van der Waals surface area contributed by atoms with Gasteiger partial charge in [-0.2, -0.15) is 13.2 Å².